The predicted molar refractivity (Wildman–Crippen MR) is 279 cm³/mol. The van der Waals surface area contributed by atoms with Crippen LogP contribution in [-0.4, -0.2) is 37.2 Å². The van der Waals surface area contributed by atoms with Gasteiger partial charge in [0.15, 0.2) is 6.10 Å². The van der Waals surface area contributed by atoms with Gasteiger partial charge in [-0.05, 0) is 96.3 Å². The fourth-order valence-electron chi connectivity index (χ4n) is 7.57. The number of ether oxygens (including phenoxy) is 3. The molecule has 0 amide bonds. The van der Waals surface area contributed by atoms with Crippen molar-refractivity contribution in [3.05, 3.63) is 72.9 Å². The third-order valence-corrected chi connectivity index (χ3v) is 11.7. The summed E-state index contributed by atoms with van der Waals surface area (Å²) in [6.07, 6.45) is 67.6. The Morgan fingerprint density at radius 1 is 0.338 bits per heavy atom. The molecule has 0 bridgehead atoms. The number of hydrogen-bond donors (Lipinski definition) is 0. The molecule has 0 heterocycles. The molecule has 0 spiro atoms. The average Bonchev–Trinajstić information content (AvgIpc) is 3.30. The molecule has 6 heteroatoms. The highest BCUT2D eigenvalue weighted by atomic mass is 16.6. The van der Waals surface area contributed by atoms with Crippen molar-refractivity contribution in [2.75, 3.05) is 13.2 Å². The van der Waals surface area contributed by atoms with Crippen molar-refractivity contribution in [3.63, 3.8) is 0 Å². The Labute approximate surface area is 402 Å². The molecular formula is C59H102O6. The molecule has 0 aromatic rings. The number of esters is 3. The van der Waals surface area contributed by atoms with Crippen LogP contribution in [0.1, 0.15) is 265 Å². The lowest BCUT2D eigenvalue weighted by Crippen LogP contribution is -2.30. The van der Waals surface area contributed by atoms with E-state index in [4.69, 9.17) is 14.2 Å². The normalized spacial score (nSPS) is 12.6. The van der Waals surface area contributed by atoms with Crippen LogP contribution in [0.4, 0.5) is 0 Å². The second-order valence-electron chi connectivity index (χ2n) is 18.1. The molecule has 0 aromatic carbocycles. The molecule has 0 fully saturated rings. The van der Waals surface area contributed by atoms with Gasteiger partial charge in [0.1, 0.15) is 13.2 Å². The molecule has 0 aliphatic carbocycles. The first kappa shape index (κ1) is 61.9. The zero-order chi connectivity index (χ0) is 47.2. The third-order valence-electron chi connectivity index (χ3n) is 11.7. The summed E-state index contributed by atoms with van der Waals surface area (Å²) < 4.78 is 16.8. The average molecular weight is 907 g/mol. The zero-order valence-electron chi connectivity index (χ0n) is 42.7. The number of rotatable bonds is 49. The fourth-order valence-corrected chi connectivity index (χ4v) is 7.57. The number of carbonyl (C=O) groups is 3. The zero-order valence-corrected chi connectivity index (χ0v) is 42.7. The monoisotopic (exact) mass is 907 g/mol. The molecule has 0 N–H and O–H groups in total. The minimum atomic E-state index is -0.798. The molecule has 0 radical (unpaired) electrons. The van der Waals surface area contributed by atoms with Crippen molar-refractivity contribution in [3.8, 4) is 0 Å². The van der Waals surface area contributed by atoms with Gasteiger partial charge in [-0.3, -0.25) is 14.4 Å². The largest absolute Gasteiger partial charge is 0.462 e. The summed E-state index contributed by atoms with van der Waals surface area (Å²) in [4.78, 5) is 38.0. The lowest BCUT2D eigenvalue weighted by atomic mass is 10.1. The summed E-state index contributed by atoms with van der Waals surface area (Å²) >= 11 is 0. The lowest BCUT2D eigenvalue weighted by molar-refractivity contribution is -0.167. The summed E-state index contributed by atoms with van der Waals surface area (Å²) in [6, 6.07) is 0. The van der Waals surface area contributed by atoms with Gasteiger partial charge in [0.05, 0.1) is 0 Å². The third kappa shape index (κ3) is 51.7. The van der Waals surface area contributed by atoms with Gasteiger partial charge < -0.3 is 14.2 Å². The van der Waals surface area contributed by atoms with E-state index in [1.807, 2.05) is 0 Å². The van der Waals surface area contributed by atoms with E-state index in [1.165, 1.54) is 154 Å². The van der Waals surface area contributed by atoms with Gasteiger partial charge in [-0.25, -0.2) is 0 Å². The maximum absolute atomic E-state index is 12.8. The lowest BCUT2D eigenvalue weighted by Gasteiger charge is -2.18. The Kier molecular flexibility index (Phi) is 50.9. The van der Waals surface area contributed by atoms with Crippen molar-refractivity contribution in [2.24, 2.45) is 0 Å². The molecule has 0 aliphatic rings. The minimum absolute atomic E-state index is 0.0942. The van der Waals surface area contributed by atoms with Gasteiger partial charge >= 0.3 is 17.9 Å². The first-order valence-corrected chi connectivity index (χ1v) is 27.5. The molecule has 1 unspecified atom stereocenters. The standard InChI is InChI=1S/C59H102O6/c1-4-7-10-13-16-19-22-24-26-28-29-31-32-34-37-40-43-46-49-52-58(61)64-55-56(54-63-57(60)51-48-45-42-39-36-21-18-15-12-9-6-3)65-59(62)53-50-47-44-41-38-35-33-30-27-25-23-20-17-14-11-8-5-2/h9,12,16,18-19,21-22,24-25,27,39,42,56H,4-8,10-11,13-15,17,20,23,26,28-38,40-41,43-55H2,1-3H3/b12-9-,19-16-,21-18-,24-22-,27-25-,42-39-. The van der Waals surface area contributed by atoms with Crippen LogP contribution in [0, 0.1) is 0 Å². The van der Waals surface area contributed by atoms with Crippen molar-refractivity contribution >= 4 is 17.9 Å². The highest BCUT2D eigenvalue weighted by molar-refractivity contribution is 5.71. The highest BCUT2D eigenvalue weighted by Crippen LogP contribution is 2.15. The van der Waals surface area contributed by atoms with Crippen LogP contribution in [0.15, 0.2) is 72.9 Å². The summed E-state index contributed by atoms with van der Waals surface area (Å²) in [7, 11) is 0. The number of carbonyl (C=O) groups excluding carboxylic acids is 3. The van der Waals surface area contributed by atoms with Crippen molar-refractivity contribution in [1.82, 2.24) is 0 Å². The highest BCUT2D eigenvalue weighted by Gasteiger charge is 2.19. The Hall–Kier alpha value is -3.15. The Balaban J connectivity index is 4.37. The van der Waals surface area contributed by atoms with Gasteiger partial charge in [-0.2, -0.15) is 0 Å². The second-order valence-corrected chi connectivity index (χ2v) is 18.1. The molecule has 65 heavy (non-hydrogen) atoms. The minimum Gasteiger partial charge on any atom is -0.462 e. The van der Waals surface area contributed by atoms with Crippen LogP contribution < -0.4 is 0 Å². The van der Waals surface area contributed by atoms with Gasteiger partial charge in [0.25, 0.3) is 0 Å². The van der Waals surface area contributed by atoms with Crippen LogP contribution in [0.5, 0.6) is 0 Å². The first-order chi connectivity index (χ1) is 32.0. The molecule has 374 valence electrons. The summed E-state index contributed by atoms with van der Waals surface area (Å²) in [5.41, 5.74) is 0. The Morgan fingerprint density at radius 2 is 0.662 bits per heavy atom. The van der Waals surface area contributed by atoms with Crippen molar-refractivity contribution in [2.45, 2.75) is 271 Å². The van der Waals surface area contributed by atoms with Crippen molar-refractivity contribution < 1.29 is 28.6 Å². The van der Waals surface area contributed by atoms with Crippen LogP contribution in [-0.2, 0) is 28.6 Å². The van der Waals surface area contributed by atoms with E-state index < -0.39 is 6.10 Å². The van der Waals surface area contributed by atoms with Gasteiger partial charge in [0, 0.05) is 19.3 Å². The van der Waals surface area contributed by atoms with Crippen LogP contribution in [0.2, 0.25) is 0 Å². The fraction of sp³-hybridized carbons (Fsp3) is 0.746. The van der Waals surface area contributed by atoms with E-state index in [9.17, 15) is 14.4 Å². The summed E-state index contributed by atoms with van der Waals surface area (Å²) in [5, 5.41) is 0. The molecule has 1 atom stereocenters. The Bertz CT molecular complexity index is 1230. The Morgan fingerprint density at radius 3 is 1.14 bits per heavy atom. The number of unbranched alkanes of at least 4 members (excludes halogenated alkanes) is 27. The first-order valence-electron chi connectivity index (χ1n) is 27.5. The van der Waals surface area contributed by atoms with E-state index in [-0.39, 0.29) is 37.5 Å². The van der Waals surface area contributed by atoms with Crippen LogP contribution in [0.25, 0.3) is 0 Å². The van der Waals surface area contributed by atoms with Crippen LogP contribution >= 0.6 is 0 Å². The van der Waals surface area contributed by atoms with E-state index in [0.717, 1.165) is 64.2 Å². The van der Waals surface area contributed by atoms with Crippen molar-refractivity contribution in [1.29, 1.82) is 0 Å². The molecule has 0 aliphatic heterocycles. The summed E-state index contributed by atoms with van der Waals surface area (Å²) in [6.45, 7) is 6.45. The topological polar surface area (TPSA) is 78.9 Å². The second kappa shape index (κ2) is 53.5. The van der Waals surface area contributed by atoms with Gasteiger partial charge in [-0.1, -0.05) is 222 Å². The number of allylic oxidation sites excluding steroid dienone is 12. The molecule has 0 saturated carbocycles. The van der Waals surface area contributed by atoms with Gasteiger partial charge in [-0.15, -0.1) is 0 Å². The quantitative estimate of drug-likeness (QED) is 0.0199. The smallest absolute Gasteiger partial charge is 0.306 e. The van der Waals surface area contributed by atoms with Gasteiger partial charge in [0.2, 0.25) is 0 Å². The maximum Gasteiger partial charge on any atom is 0.306 e. The maximum atomic E-state index is 12.8. The van der Waals surface area contributed by atoms with Crippen LogP contribution in [0.3, 0.4) is 0 Å². The molecule has 6 nitrogen and oxygen atoms in total. The van der Waals surface area contributed by atoms with E-state index >= 15 is 0 Å². The predicted octanol–water partition coefficient (Wildman–Crippen LogP) is 18.2. The molecule has 0 saturated heterocycles. The SMILES string of the molecule is CC/C=C\C/C=C\C/C=C\CCCC(=O)OCC(COC(=O)CCCCCCCCCCCC/C=C\C=C/CCCCC)OC(=O)CCCCCCCCC/C=C\CCCCCCCC. The summed E-state index contributed by atoms with van der Waals surface area (Å²) in [5.74, 6) is -0.954. The number of hydrogen-bond acceptors (Lipinski definition) is 6. The van der Waals surface area contributed by atoms with E-state index in [0.29, 0.717) is 19.3 Å². The molecule has 0 aromatic heterocycles. The van der Waals surface area contributed by atoms with E-state index in [2.05, 4.69) is 93.7 Å². The molecule has 0 rings (SSSR count). The molecular weight excluding hydrogens is 805 g/mol. The van der Waals surface area contributed by atoms with E-state index in [1.54, 1.807) is 0 Å².